The molecule has 24 heavy (non-hydrogen) atoms. The van der Waals surface area contributed by atoms with Crippen LogP contribution in [0.15, 0.2) is 41.5 Å². The second-order valence-electron chi connectivity index (χ2n) is 6.40. The zero-order chi connectivity index (χ0) is 16.5. The summed E-state index contributed by atoms with van der Waals surface area (Å²) in [5.74, 6) is -0.119. The van der Waals surface area contributed by atoms with Gasteiger partial charge in [0.1, 0.15) is 12.1 Å². The average molecular weight is 324 g/mol. The largest absolute Gasteiger partial charge is 0.352 e. The number of aromatic nitrogens is 3. The molecular formula is C18H20N4O2. The molecule has 6 heteroatoms. The van der Waals surface area contributed by atoms with Crippen LogP contribution in [0, 0.1) is 0 Å². The summed E-state index contributed by atoms with van der Waals surface area (Å²) in [6.07, 6.45) is 9.09. The minimum Gasteiger partial charge on any atom is -0.352 e. The summed E-state index contributed by atoms with van der Waals surface area (Å²) in [5.41, 5.74) is 1.72. The summed E-state index contributed by atoms with van der Waals surface area (Å²) < 4.78 is 3.29. The van der Waals surface area contributed by atoms with E-state index in [1.807, 2.05) is 28.8 Å². The highest BCUT2D eigenvalue weighted by Crippen LogP contribution is 2.17. The summed E-state index contributed by atoms with van der Waals surface area (Å²) in [4.78, 5) is 29.5. The number of rotatable bonds is 3. The fourth-order valence-corrected chi connectivity index (χ4v) is 3.59. The van der Waals surface area contributed by atoms with Gasteiger partial charge in [-0.15, -0.1) is 0 Å². The van der Waals surface area contributed by atoms with Gasteiger partial charge in [0.2, 0.25) is 5.91 Å². The molecule has 3 heterocycles. The maximum atomic E-state index is 12.8. The Labute approximate surface area is 139 Å². The molecule has 1 amide bonds. The van der Waals surface area contributed by atoms with Crippen LogP contribution in [0.2, 0.25) is 0 Å². The lowest BCUT2D eigenvalue weighted by Crippen LogP contribution is -2.40. The van der Waals surface area contributed by atoms with Crippen molar-refractivity contribution < 1.29 is 4.79 Å². The van der Waals surface area contributed by atoms with E-state index in [0.717, 1.165) is 31.2 Å². The predicted octanol–water partition coefficient (Wildman–Crippen LogP) is 2.10. The Morgan fingerprint density at radius 2 is 1.96 bits per heavy atom. The number of carbonyl (C=O) groups excluding carboxylic acids is 1. The van der Waals surface area contributed by atoms with Crippen LogP contribution in [0.3, 0.4) is 0 Å². The Morgan fingerprint density at radius 3 is 2.79 bits per heavy atom. The third kappa shape index (κ3) is 2.58. The van der Waals surface area contributed by atoms with Gasteiger partial charge in [-0.25, -0.2) is 4.98 Å². The lowest BCUT2D eigenvalue weighted by molar-refractivity contribution is -0.122. The molecule has 0 aromatic carbocycles. The topological polar surface area (TPSA) is 68.4 Å². The zero-order valence-corrected chi connectivity index (χ0v) is 13.4. The number of amides is 1. The maximum absolute atomic E-state index is 12.8. The van der Waals surface area contributed by atoms with Gasteiger partial charge >= 0.3 is 0 Å². The monoisotopic (exact) mass is 324 g/mol. The van der Waals surface area contributed by atoms with Crippen LogP contribution in [0.5, 0.6) is 0 Å². The summed E-state index contributed by atoms with van der Waals surface area (Å²) in [5, 5.41) is 3.07. The van der Waals surface area contributed by atoms with Crippen molar-refractivity contribution in [3.05, 3.63) is 47.0 Å². The van der Waals surface area contributed by atoms with E-state index < -0.39 is 0 Å². The molecule has 0 saturated heterocycles. The second kappa shape index (κ2) is 6.11. The highest BCUT2D eigenvalue weighted by atomic mass is 16.2. The first-order valence-corrected chi connectivity index (χ1v) is 8.48. The van der Waals surface area contributed by atoms with Crippen molar-refractivity contribution in [2.75, 3.05) is 0 Å². The zero-order valence-electron chi connectivity index (χ0n) is 13.4. The van der Waals surface area contributed by atoms with Crippen LogP contribution in [-0.4, -0.2) is 25.9 Å². The molecule has 1 aliphatic carbocycles. The molecule has 0 unspecified atom stereocenters. The lowest BCUT2D eigenvalue weighted by atomic mass is 9.95. The molecule has 1 N–H and O–H groups in total. The standard InChI is InChI=1S/C18H20N4O2/c23-16(20-13-6-2-1-3-7-13)12-22-17-14(8-4-10-19-17)21-11-5-9-15(21)18(22)24/h4-5,8-11,13H,1-3,6-7,12H2,(H,20,23). The van der Waals surface area contributed by atoms with Gasteiger partial charge in [-0.2, -0.15) is 0 Å². The Bertz CT molecular complexity index is 950. The van der Waals surface area contributed by atoms with Gasteiger partial charge in [-0.05, 0) is 37.1 Å². The van der Waals surface area contributed by atoms with Crippen molar-refractivity contribution in [2.45, 2.75) is 44.7 Å². The van der Waals surface area contributed by atoms with Gasteiger partial charge in [-0.1, -0.05) is 19.3 Å². The van der Waals surface area contributed by atoms with Crippen molar-refractivity contribution in [1.82, 2.24) is 19.3 Å². The van der Waals surface area contributed by atoms with E-state index in [9.17, 15) is 9.59 Å². The molecule has 0 spiro atoms. The molecule has 4 rings (SSSR count). The molecule has 0 aliphatic heterocycles. The molecule has 124 valence electrons. The quantitative estimate of drug-likeness (QED) is 0.802. The normalized spacial score (nSPS) is 15.8. The van der Waals surface area contributed by atoms with Gasteiger partial charge in [0.25, 0.3) is 5.56 Å². The van der Waals surface area contributed by atoms with Crippen molar-refractivity contribution in [3.8, 4) is 0 Å². The van der Waals surface area contributed by atoms with Gasteiger partial charge in [0.05, 0.1) is 5.52 Å². The Hall–Kier alpha value is -2.63. The van der Waals surface area contributed by atoms with Crippen molar-refractivity contribution in [2.24, 2.45) is 0 Å². The number of hydrogen-bond donors (Lipinski definition) is 1. The Balaban J connectivity index is 1.70. The molecule has 0 bridgehead atoms. The molecular weight excluding hydrogens is 304 g/mol. The first kappa shape index (κ1) is 14.9. The minimum atomic E-state index is -0.190. The maximum Gasteiger partial charge on any atom is 0.276 e. The summed E-state index contributed by atoms with van der Waals surface area (Å²) in [6.45, 7) is 0.00449. The number of fused-ring (bicyclic) bond motifs is 3. The van der Waals surface area contributed by atoms with Crippen LogP contribution < -0.4 is 10.9 Å². The van der Waals surface area contributed by atoms with E-state index >= 15 is 0 Å². The second-order valence-corrected chi connectivity index (χ2v) is 6.40. The molecule has 1 aliphatic rings. The minimum absolute atomic E-state index is 0.00449. The van der Waals surface area contributed by atoms with Crippen LogP contribution in [0.25, 0.3) is 16.7 Å². The van der Waals surface area contributed by atoms with Gasteiger partial charge in [-0.3, -0.25) is 14.2 Å². The summed E-state index contributed by atoms with van der Waals surface area (Å²) >= 11 is 0. The predicted molar refractivity (Wildman–Crippen MR) is 92.0 cm³/mol. The molecule has 6 nitrogen and oxygen atoms in total. The third-order valence-corrected chi connectivity index (χ3v) is 4.77. The first-order chi connectivity index (χ1) is 11.7. The van der Waals surface area contributed by atoms with E-state index in [0.29, 0.717) is 11.2 Å². The fraction of sp³-hybridized carbons (Fsp3) is 0.389. The van der Waals surface area contributed by atoms with Gasteiger partial charge in [0.15, 0.2) is 5.65 Å². The van der Waals surface area contributed by atoms with E-state index in [-0.39, 0.29) is 24.1 Å². The molecule has 3 aromatic heterocycles. The lowest BCUT2D eigenvalue weighted by Gasteiger charge is -2.23. The fourth-order valence-electron chi connectivity index (χ4n) is 3.59. The van der Waals surface area contributed by atoms with E-state index in [1.165, 1.54) is 11.0 Å². The average Bonchev–Trinajstić information content (AvgIpc) is 3.10. The Kier molecular flexibility index (Phi) is 3.80. The number of carbonyl (C=O) groups is 1. The molecule has 1 fully saturated rings. The number of nitrogens with zero attached hydrogens (tertiary/aromatic N) is 3. The highest BCUT2D eigenvalue weighted by Gasteiger charge is 2.18. The van der Waals surface area contributed by atoms with E-state index in [4.69, 9.17) is 0 Å². The number of nitrogens with one attached hydrogen (secondary N) is 1. The number of hydrogen-bond acceptors (Lipinski definition) is 3. The van der Waals surface area contributed by atoms with E-state index in [2.05, 4.69) is 10.3 Å². The SMILES string of the molecule is O=C(Cn1c(=O)c2cccn2c2cccnc21)NC1CCCCC1. The summed E-state index contributed by atoms with van der Waals surface area (Å²) in [6, 6.07) is 7.57. The van der Waals surface area contributed by atoms with Crippen LogP contribution in [0.1, 0.15) is 32.1 Å². The molecule has 1 saturated carbocycles. The van der Waals surface area contributed by atoms with Crippen molar-refractivity contribution in [3.63, 3.8) is 0 Å². The molecule has 3 aromatic rings. The van der Waals surface area contributed by atoms with Crippen LogP contribution in [0.4, 0.5) is 0 Å². The molecule has 0 radical (unpaired) electrons. The van der Waals surface area contributed by atoms with E-state index in [1.54, 1.807) is 12.3 Å². The first-order valence-electron chi connectivity index (χ1n) is 8.48. The summed E-state index contributed by atoms with van der Waals surface area (Å²) in [7, 11) is 0. The van der Waals surface area contributed by atoms with Crippen LogP contribution in [-0.2, 0) is 11.3 Å². The molecule has 0 atom stereocenters. The van der Waals surface area contributed by atoms with Gasteiger partial charge < -0.3 is 9.72 Å². The van der Waals surface area contributed by atoms with Crippen molar-refractivity contribution in [1.29, 1.82) is 0 Å². The van der Waals surface area contributed by atoms with Crippen molar-refractivity contribution >= 4 is 22.6 Å². The van der Waals surface area contributed by atoms with Gasteiger partial charge in [0, 0.05) is 18.4 Å². The smallest absolute Gasteiger partial charge is 0.276 e. The third-order valence-electron chi connectivity index (χ3n) is 4.77. The number of pyridine rings is 1. The Morgan fingerprint density at radius 1 is 1.17 bits per heavy atom. The highest BCUT2D eigenvalue weighted by molar-refractivity contribution is 5.80. The van der Waals surface area contributed by atoms with Crippen LogP contribution >= 0.6 is 0 Å².